The topological polar surface area (TPSA) is 34.9 Å². The van der Waals surface area contributed by atoms with Gasteiger partial charge >= 0.3 is 6.18 Å². The SMILES string of the molecule is O=c1ccc(C(F)(F)F)nn1CCc1cccs1. The van der Waals surface area contributed by atoms with Crippen LogP contribution in [0.2, 0.25) is 0 Å². The van der Waals surface area contributed by atoms with E-state index in [2.05, 4.69) is 5.10 Å². The molecule has 0 atom stereocenters. The first-order valence-electron chi connectivity index (χ1n) is 5.14. The maximum atomic E-state index is 12.4. The second-order valence-corrected chi connectivity index (χ2v) is 4.64. The van der Waals surface area contributed by atoms with E-state index in [-0.39, 0.29) is 6.54 Å². The largest absolute Gasteiger partial charge is 0.435 e. The molecular weight excluding hydrogens is 265 g/mol. The molecule has 0 radical (unpaired) electrons. The molecule has 2 heterocycles. The summed E-state index contributed by atoms with van der Waals surface area (Å²) in [7, 11) is 0. The Labute approximate surface area is 104 Å². The molecule has 0 bridgehead atoms. The third-order valence-corrected chi connectivity index (χ3v) is 3.24. The Bertz CT molecular complexity index is 575. The van der Waals surface area contributed by atoms with Crippen molar-refractivity contribution in [2.24, 2.45) is 0 Å². The maximum Gasteiger partial charge on any atom is 0.435 e. The van der Waals surface area contributed by atoms with Gasteiger partial charge in [0.2, 0.25) is 0 Å². The van der Waals surface area contributed by atoms with Crippen LogP contribution in [0.15, 0.2) is 34.4 Å². The Morgan fingerprint density at radius 2 is 2.06 bits per heavy atom. The Balaban J connectivity index is 2.19. The zero-order valence-electron chi connectivity index (χ0n) is 9.15. The molecule has 0 N–H and O–H groups in total. The van der Waals surface area contributed by atoms with Crippen LogP contribution in [-0.2, 0) is 19.1 Å². The summed E-state index contributed by atoms with van der Waals surface area (Å²) in [5, 5.41) is 5.20. The van der Waals surface area contributed by atoms with Crippen LogP contribution in [0.3, 0.4) is 0 Å². The number of aromatic nitrogens is 2. The normalized spacial score (nSPS) is 11.7. The van der Waals surface area contributed by atoms with Crippen LogP contribution >= 0.6 is 11.3 Å². The van der Waals surface area contributed by atoms with Crippen molar-refractivity contribution in [2.75, 3.05) is 0 Å². The molecule has 3 nitrogen and oxygen atoms in total. The molecule has 2 rings (SSSR count). The van der Waals surface area contributed by atoms with Crippen molar-refractivity contribution >= 4 is 11.3 Å². The van der Waals surface area contributed by atoms with Crippen LogP contribution in [0.4, 0.5) is 13.2 Å². The van der Waals surface area contributed by atoms with Crippen molar-refractivity contribution in [3.05, 3.63) is 50.6 Å². The molecule has 0 saturated carbocycles. The molecule has 0 saturated heterocycles. The van der Waals surface area contributed by atoms with Crippen molar-refractivity contribution in [3.63, 3.8) is 0 Å². The smallest absolute Gasteiger partial charge is 0.268 e. The molecule has 18 heavy (non-hydrogen) atoms. The molecule has 2 aromatic heterocycles. The summed E-state index contributed by atoms with van der Waals surface area (Å²) >= 11 is 1.49. The predicted molar refractivity (Wildman–Crippen MR) is 61.5 cm³/mol. The molecule has 0 aliphatic carbocycles. The van der Waals surface area contributed by atoms with E-state index in [0.717, 1.165) is 15.6 Å². The third kappa shape index (κ3) is 2.98. The van der Waals surface area contributed by atoms with Crippen LogP contribution in [0.5, 0.6) is 0 Å². The number of hydrogen-bond donors (Lipinski definition) is 0. The maximum absolute atomic E-state index is 12.4. The van der Waals surface area contributed by atoms with Gasteiger partial charge in [-0.2, -0.15) is 18.3 Å². The second-order valence-electron chi connectivity index (χ2n) is 3.61. The lowest BCUT2D eigenvalue weighted by Crippen LogP contribution is -2.26. The van der Waals surface area contributed by atoms with Crippen LogP contribution in [0, 0.1) is 0 Å². The second kappa shape index (κ2) is 4.93. The fraction of sp³-hybridized carbons (Fsp3) is 0.273. The molecule has 0 fully saturated rings. The van der Waals surface area contributed by atoms with Gasteiger partial charge in [-0.25, -0.2) is 4.68 Å². The van der Waals surface area contributed by atoms with Gasteiger partial charge in [-0.3, -0.25) is 4.79 Å². The van der Waals surface area contributed by atoms with Gasteiger partial charge in [0.25, 0.3) is 5.56 Å². The molecule has 96 valence electrons. The van der Waals surface area contributed by atoms with Gasteiger partial charge in [0.15, 0.2) is 5.69 Å². The molecule has 0 aliphatic heterocycles. The van der Waals surface area contributed by atoms with E-state index < -0.39 is 17.4 Å². The zero-order chi connectivity index (χ0) is 13.2. The van der Waals surface area contributed by atoms with E-state index >= 15 is 0 Å². The third-order valence-electron chi connectivity index (χ3n) is 2.31. The number of nitrogens with zero attached hydrogens (tertiary/aromatic N) is 2. The summed E-state index contributed by atoms with van der Waals surface area (Å²) in [6.07, 6.45) is -4.04. The number of thiophene rings is 1. The summed E-state index contributed by atoms with van der Waals surface area (Å²) < 4.78 is 38.2. The zero-order valence-corrected chi connectivity index (χ0v) is 9.96. The minimum atomic E-state index is -4.53. The van der Waals surface area contributed by atoms with Gasteiger partial charge < -0.3 is 0 Å². The first-order valence-corrected chi connectivity index (χ1v) is 6.02. The number of rotatable bonds is 3. The van der Waals surface area contributed by atoms with Crippen LogP contribution in [0.25, 0.3) is 0 Å². The van der Waals surface area contributed by atoms with E-state index in [9.17, 15) is 18.0 Å². The summed E-state index contributed by atoms with van der Waals surface area (Å²) in [5.74, 6) is 0. The van der Waals surface area contributed by atoms with Gasteiger partial charge in [-0.05, 0) is 17.5 Å². The van der Waals surface area contributed by atoms with E-state index in [1.54, 1.807) is 0 Å². The van der Waals surface area contributed by atoms with Crippen LogP contribution < -0.4 is 5.56 Å². The van der Waals surface area contributed by atoms with Gasteiger partial charge in [0, 0.05) is 23.9 Å². The highest BCUT2D eigenvalue weighted by Crippen LogP contribution is 2.26. The summed E-state index contributed by atoms with van der Waals surface area (Å²) in [5.41, 5.74) is -1.58. The summed E-state index contributed by atoms with van der Waals surface area (Å²) in [6.45, 7) is 0.142. The summed E-state index contributed by atoms with van der Waals surface area (Å²) in [6, 6.07) is 5.31. The van der Waals surface area contributed by atoms with Crippen molar-refractivity contribution in [3.8, 4) is 0 Å². The molecule has 0 amide bonds. The molecule has 0 aromatic carbocycles. The number of alkyl halides is 3. The highest BCUT2D eigenvalue weighted by atomic mass is 32.1. The molecule has 7 heteroatoms. The molecule has 2 aromatic rings. The molecular formula is C11H9F3N2OS. The Morgan fingerprint density at radius 1 is 1.28 bits per heavy atom. The number of aryl methyl sites for hydroxylation is 2. The highest BCUT2D eigenvalue weighted by molar-refractivity contribution is 7.09. The van der Waals surface area contributed by atoms with Gasteiger partial charge in [0.05, 0.1) is 0 Å². The lowest BCUT2D eigenvalue weighted by Gasteiger charge is -2.08. The minimum Gasteiger partial charge on any atom is -0.268 e. The quantitative estimate of drug-likeness (QED) is 0.862. The van der Waals surface area contributed by atoms with Crippen molar-refractivity contribution in [1.82, 2.24) is 9.78 Å². The average molecular weight is 274 g/mol. The fourth-order valence-electron chi connectivity index (χ4n) is 1.43. The van der Waals surface area contributed by atoms with Gasteiger partial charge in [-0.1, -0.05) is 6.07 Å². The summed E-state index contributed by atoms with van der Waals surface area (Å²) in [4.78, 5) is 12.4. The lowest BCUT2D eigenvalue weighted by molar-refractivity contribution is -0.142. The molecule has 0 aliphatic rings. The van der Waals surface area contributed by atoms with Crippen molar-refractivity contribution in [2.45, 2.75) is 19.1 Å². The average Bonchev–Trinajstić information content (AvgIpc) is 2.79. The Morgan fingerprint density at radius 3 is 2.67 bits per heavy atom. The predicted octanol–water partition coefficient (Wildman–Crippen LogP) is 2.57. The lowest BCUT2D eigenvalue weighted by atomic mass is 10.3. The van der Waals surface area contributed by atoms with Crippen LogP contribution in [0.1, 0.15) is 10.6 Å². The van der Waals surface area contributed by atoms with Crippen molar-refractivity contribution < 1.29 is 13.2 Å². The molecule has 0 unspecified atom stereocenters. The first kappa shape index (κ1) is 12.8. The van der Waals surface area contributed by atoms with Gasteiger partial charge in [-0.15, -0.1) is 11.3 Å². The Hall–Kier alpha value is -1.63. The van der Waals surface area contributed by atoms with Gasteiger partial charge in [0.1, 0.15) is 0 Å². The van der Waals surface area contributed by atoms with Crippen LogP contribution in [-0.4, -0.2) is 9.78 Å². The highest BCUT2D eigenvalue weighted by Gasteiger charge is 2.33. The van der Waals surface area contributed by atoms with E-state index in [4.69, 9.17) is 0 Å². The van der Waals surface area contributed by atoms with E-state index in [1.165, 1.54) is 11.3 Å². The standard InChI is InChI=1S/C11H9F3N2OS/c12-11(13,14)9-3-4-10(17)16(15-9)6-5-8-2-1-7-18-8/h1-4,7H,5-6H2. The first-order chi connectivity index (χ1) is 8.47. The monoisotopic (exact) mass is 274 g/mol. The molecule has 0 spiro atoms. The minimum absolute atomic E-state index is 0.142. The Kier molecular flexibility index (Phi) is 3.51. The van der Waals surface area contributed by atoms with E-state index in [0.29, 0.717) is 12.5 Å². The van der Waals surface area contributed by atoms with Crippen molar-refractivity contribution in [1.29, 1.82) is 0 Å². The fourth-order valence-corrected chi connectivity index (χ4v) is 2.13. The number of hydrogen-bond acceptors (Lipinski definition) is 3. The number of halogens is 3. The van der Waals surface area contributed by atoms with E-state index in [1.807, 2.05) is 17.5 Å².